The molecule has 2 fully saturated rings. The van der Waals surface area contributed by atoms with Crippen molar-refractivity contribution in [2.75, 3.05) is 6.61 Å². The average molecular weight is 296 g/mol. The van der Waals surface area contributed by atoms with Gasteiger partial charge in [0.2, 0.25) is 0 Å². The highest BCUT2D eigenvalue weighted by Gasteiger charge is 2.47. The third kappa shape index (κ3) is 2.96. The first kappa shape index (κ1) is 16.0. The lowest BCUT2D eigenvalue weighted by atomic mass is 9.99. The summed E-state index contributed by atoms with van der Waals surface area (Å²) in [6, 6.07) is 0. The third-order valence-electron chi connectivity index (χ3n) is 3.55. The van der Waals surface area contributed by atoms with Gasteiger partial charge in [-0.3, -0.25) is 0 Å². The molecule has 2 saturated heterocycles. The fourth-order valence-electron chi connectivity index (χ4n) is 2.21. The molecule has 0 aromatic carbocycles. The van der Waals surface area contributed by atoms with Crippen LogP contribution in [0.3, 0.4) is 0 Å². The first-order chi connectivity index (χ1) is 9.32. The topological polar surface area (TPSA) is 149 Å². The van der Waals surface area contributed by atoms with Crippen LogP contribution in [0.5, 0.6) is 0 Å². The number of ether oxygens (including phenoxy) is 3. The van der Waals surface area contributed by atoms with Crippen LogP contribution < -0.4 is 0 Å². The van der Waals surface area contributed by atoms with Crippen LogP contribution in [-0.2, 0) is 14.2 Å². The van der Waals surface area contributed by atoms with Gasteiger partial charge in [0.1, 0.15) is 36.6 Å². The fraction of sp³-hybridized carbons (Fsp3) is 1.00. The van der Waals surface area contributed by atoms with E-state index in [4.69, 9.17) is 14.2 Å². The van der Waals surface area contributed by atoms with Crippen LogP contribution in [0.2, 0.25) is 0 Å². The first-order valence-corrected chi connectivity index (χ1v) is 6.34. The number of hydrogen-bond acceptors (Lipinski definition) is 9. The lowest BCUT2D eigenvalue weighted by Crippen LogP contribution is -2.61. The van der Waals surface area contributed by atoms with E-state index in [1.54, 1.807) is 0 Å². The maximum Gasteiger partial charge on any atom is 0.187 e. The van der Waals surface area contributed by atoms with Crippen molar-refractivity contribution >= 4 is 0 Å². The normalized spacial score (nSPS) is 53.9. The minimum Gasteiger partial charge on any atom is -0.388 e. The van der Waals surface area contributed by atoms with Gasteiger partial charge < -0.3 is 44.8 Å². The van der Waals surface area contributed by atoms with E-state index in [1.807, 2.05) is 0 Å². The molecule has 2 heterocycles. The van der Waals surface area contributed by atoms with Gasteiger partial charge >= 0.3 is 0 Å². The average Bonchev–Trinajstić information content (AvgIpc) is 2.42. The zero-order valence-electron chi connectivity index (χ0n) is 10.8. The number of rotatable bonds is 2. The molecule has 0 bridgehead atoms. The Bertz CT molecular complexity index is 327. The Balaban J connectivity index is 2.04. The van der Waals surface area contributed by atoms with Gasteiger partial charge in [0.25, 0.3) is 0 Å². The molecule has 2 rings (SSSR count). The van der Waals surface area contributed by atoms with Gasteiger partial charge in [-0.25, -0.2) is 0 Å². The predicted octanol–water partition coefficient (Wildman–Crippen LogP) is -3.73. The summed E-state index contributed by atoms with van der Waals surface area (Å²) in [4.78, 5) is 0. The Morgan fingerprint density at radius 3 is 2.20 bits per heavy atom. The summed E-state index contributed by atoms with van der Waals surface area (Å²) >= 11 is 0. The highest BCUT2D eigenvalue weighted by Crippen LogP contribution is 2.26. The summed E-state index contributed by atoms with van der Waals surface area (Å²) < 4.78 is 15.2. The second-order valence-corrected chi connectivity index (χ2v) is 5.06. The van der Waals surface area contributed by atoms with Crippen LogP contribution in [-0.4, -0.2) is 92.6 Å². The summed E-state index contributed by atoms with van der Waals surface area (Å²) in [6.07, 6.45) is -12.1. The van der Waals surface area contributed by atoms with Gasteiger partial charge in [0.15, 0.2) is 12.6 Å². The van der Waals surface area contributed by atoms with Crippen LogP contribution in [0.15, 0.2) is 0 Å². The van der Waals surface area contributed by atoms with Crippen LogP contribution in [0, 0.1) is 0 Å². The summed E-state index contributed by atoms with van der Waals surface area (Å²) in [5.41, 5.74) is 0. The smallest absolute Gasteiger partial charge is 0.187 e. The molecule has 0 aliphatic carbocycles. The zero-order valence-corrected chi connectivity index (χ0v) is 10.8. The van der Waals surface area contributed by atoms with Gasteiger partial charge in [0, 0.05) is 0 Å². The summed E-state index contributed by atoms with van der Waals surface area (Å²) in [5.74, 6) is 0. The van der Waals surface area contributed by atoms with E-state index in [2.05, 4.69) is 0 Å². The quantitative estimate of drug-likeness (QED) is 0.302. The maximum absolute atomic E-state index is 9.77. The number of aliphatic hydroxyl groups excluding tert-OH is 6. The van der Waals surface area contributed by atoms with E-state index in [1.165, 1.54) is 6.92 Å². The number of aliphatic hydroxyl groups is 6. The lowest BCUT2D eigenvalue weighted by molar-refractivity contribution is -0.348. The highest BCUT2D eigenvalue weighted by atomic mass is 16.7. The molecule has 6 N–H and O–H groups in total. The Kier molecular flexibility index (Phi) is 4.95. The lowest BCUT2D eigenvalue weighted by Gasteiger charge is -2.43. The van der Waals surface area contributed by atoms with Crippen molar-refractivity contribution in [1.82, 2.24) is 0 Å². The first-order valence-electron chi connectivity index (χ1n) is 6.34. The molecule has 0 saturated carbocycles. The molecule has 0 radical (unpaired) electrons. The van der Waals surface area contributed by atoms with E-state index in [-0.39, 0.29) is 6.61 Å². The second kappa shape index (κ2) is 6.18. The Hall–Kier alpha value is -0.360. The van der Waals surface area contributed by atoms with Crippen LogP contribution in [0.4, 0.5) is 0 Å². The van der Waals surface area contributed by atoms with Gasteiger partial charge in [-0.15, -0.1) is 0 Å². The van der Waals surface area contributed by atoms with Crippen molar-refractivity contribution in [3.63, 3.8) is 0 Å². The standard InChI is InChI=1S/C11H20O9/c1-3-5(13)7(15)8(16)11(19-3)20-9-6(14)4(12)2-18-10(9)17/h3-17H,2H2,1H3/t3-,4-,5-,6-,7+,8+,9+,10+,11-/m0/s1. The molecular formula is C11H20O9. The van der Waals surface area contributed by atoms with E-state index >= 15 is 0 Å². The monoisotopic (exact) mass is 296 g/mol. The van der Waals surface area contributed by atoms with Crippen LogP contribution in [0.25, 0.3) is 0 Å². The van der Waals surface area contributed by atoms with Crippen molar-refractivity contribution in [3.05, 3.63) is 0 Å². The third-order valence-corrected chi connectivity index (χ3v) is 3.55. The van der Waals surface area contributed by atoms with E-state index in [0.717, 1.165) is 0 Å². The van der Waals surface area contributed by atoms with E-state index < -0.39 is 55.3 Å². The second-order valence-electron chi connectivity index (χ2n) is 5.06. The summed E-state index contributed by atoms with van der Waals surface area (Å²) in [6.45, 7) is 1.21. The molecule has 0 unspecified atom stereocenters. The van der Waals surface area contributed by atoms with Crippen molar-refractivity contribution in [3.8, 4) is 0 Å². The molecule has 9 heteroatoms. The SMILES string of the molecule is C[C@@H]1O[C@@H](O[C@@H]2[C@@H](O)[C@@H](O)CO[C@H]2O)[C@H](O)[C@H](O)[C@H]1O. The highest BCUT2D eigenvalue weighted by molar-refractivity contribution is 4.90. The molecule has 0 aromatic rings. The van der Waals surface area contributed by atoms with Crippen molar-refractivity contribution < 1.29 is 44.8 Å². The molecular weight excluding hydrogens is 276 g/mol. The molecule has 2 aliphatic heterocycles. The molecule has 0 spiro atoms. The molecule has 2 aliphatic rings. The summed E-state index contributed by atoms with van der Waals surface area (Å²) in [7, 11) is 0. The molecule has 0 aromatic heterocycles. The fourth-order valence-corrected chi connectivity index (χ4v) is 2.21. The Labute approximate surface area is 114 Å². The van der Waals surface area contributed by atoms with Crippen molar-refractivity contribution in [1.29, 1.82) is 0 Å². The molecule has 20 heavy (non-hydrogen) atoms. The largest absolute Gasteiger partial charge is 0.388 e. The summed E-state index contributed by atoms with van der Waals surface area (Å²) in [5, 5.41) is 57.7. The van der Waals surface area contributed by atoms with Crippen molar-refractivity contribution in [2.45, 2.75) is 62.2 Å². The minimum absolute atomic E-state index is 0.256. The predicted molar refractivity (Wildman–Crippen MR) is 61.2 cm³/mol. The van der Waals surface area contributed by atoms with E-state index in [9.17, 15) is 30.6 Å². The number of hydrogen-bond donors (Lipinski definition) is 6. The van der Waals surface area contributed by atoms with Gasteiger partial charge in [-0.2, -0.15) is 0 Å². The Morgan fingerprint density at radius 2 is 1.55 bits per heavy atom. The van der Waals surface area contributed by atoms with Crippen LogP contribution >= 0.6 is 0 Å². The molecule has 9 atom stereocenters. The van der Waals surface area contributed by atoms with Crippen molar-refractivity contribution in [2.24, 2.45) is 0 Å². The maximum atomic E-state index is 9.77. The zero-order chi connectivity index (χ0) is 15.0. The van der Waals surface area contributed by atoms with Gasteiger partial charge in [-0.1, -0.05) is 0 Å². The van der Waals surface area contributed by atoms with Gasteiger partial charge in [0.05, 0.1) is 12.7 Å². The molecule has 0 amide bonds. The van der Waals surface area contributed by atoms with Gasteiger partial charge in [-0.05, 0) is 6.92 Å². The molecule has 9 nitrogen and oxygen atoms in total. The molecule has 118 valence electrons. The van der Waals surface area contributed by atoms with Crippen LogP contribution in [0.1, 0.15) is 6.92 Å². The van der Waals surface area contributed by atoms with E-state index in [0.29, 0.717) is 0 Å². The minimum atomic E-state index is -1.57. The Morgan fingerprint density at radius 1 is 0.900 bits per heavy atom.